The monoisotopic (exact) mass is 240 g/mol. The SMILES string of the molecule is CCN(CC(C)(C)O)C(=O)c1cnn(C)c1N. The molecule has 96 valence electrons. The van der Waals surface area contributed by atoms with Crippen molar-refractivity contribution < 1.29 is 9.90 Å². The van der Waals surface area contributed by atoms with Crippen molar-refractivity contribution in [2.24, 2.45) is 7.05 Å². The van der Waals surface area contributed by atoms with E-state index < -0.39 is 5.60 Å². The third-order valence-electron chi connectivity index (χ3n) is 2.46. The van der Waals surface area contributed by atoms with Gasteiger partial charge in [0.1, 0.15) is 11.4 Å². The van der Waals surface area contributed by atoms with Crippen LogP contribution >= 0.6 is 0 Å². The first-order valence-electron chi connectivity index (χ1n) is 5.55. The topological polar surface area (TPSA) is 84.4 Å². The lowest BCUT2D eigenvalue weighted by atomic mass is 10.1. The molecule has 17 heavy (non-hydrogen) atoms. The van der Waals surface area contributed by atoms with Gasteiger partial charge in [-0.3, -0.25) is 9.48 Å². The summed E-state index contributed by atoms with van der Waals surface area (Å²) in [4.78, 5) is 13.7. The minimum atomic E-state index is -0.928. The Kier molecular flexibility index (Phi) is 3.77. The number of hydrogen-bond donors (Lipinski definition) is 2. The van der Waals surface area contributed by atoms with E-state index in [4.69, 9.17) is 5.73 Å². The molecule has 6 heteroatoms. The molecule has 1 aromatic rings. The molecular formula is C11H20N4O2. The number of likely N-dealkylation sites (N-methyl/N-ethyl adjacent to an activating group) is 1. The van der Waals surface area contributed by atoms with Crippen LogP contribution in [0.5, 0.6) is 0 Å². The van der Waals surface area contributed by atoms with Gasteiger partial charge in [-0.1, -0.05) is 0 Å². The first-order chi connectivity index (χ1) is 7.76. The Bertz CT molecular complexity index is 406. The molecule has 0 saturated carbocycles. The Hall–Kier alpha value is -1.56. The van der Waals surface area contributed by atoms with Crippen molar-refractivity contribution in [2.45, 2.75) is 26.4 Å². The maximum atomic E-state index is 12.2. The molecule has 0 radical (unpaired) electrons. The average Bonchev–Trinajstić information content (AvgIpc) is 2.54. The smallest absolute Gasteiger partial charge is 0.259 e. The lowest BCUT2D eigenvalue weighted by Crippen LogP contribution is -2.42. The van der Waals surface area contributed by atoms with Crippen molar-refractivity contribution in [3.8, 4) is 0 Å². The Morgan fingerprint density at radius 1 is 1.65 bits per heavy atom. The number of nitrogen functional groups attached to an aromatic ring is 1. The number of carbonyl (C=O) groups is 1. The molecule has 0 aliphatic rings. The van der Waals surface area contributed by atoms with Crippen molar-refractivity contribution in [1.29, 1.82) is 0 Å². The van der Waals surface area contributed by atoms with Gasteiger partial charge in [0, 0.05) is 20.1 Å². The van der Waals surface area contributed by atoms with Crippen LogP contribution in [-0.2, 0) is 7.05 Å². The van der Waals surface area contributed by atoms with Crippen LogP contribution in [0.15, 0.2) is 6.20 Å². The molecule has 0 aromatic carbocycles. The summed E-state index contributed by atoms with van der Waals surface area (Å²) in [6.45, 7) is 5.95. The van der Waals surface area contributed by atoms with Gasteiger partial charge < -0.3 is 15.7 Å². The third kappa shape index (κ3) is 3.20. The fraction of sp³-hybridized carbons (Fsp3) is 0.636. The zero-order valence-electron chi connectivity index (χ0n) is 10.8. The first kappa shape index (κ1) is 13.5. The molecule has 0 saturated heterocycles. The lowest BCUT2D eigenvalue weighted by molar-refractivity contribution is 0.0315. The summed E-state index contributed by atoms with van der Waals surface area (Å²) >= 11 is 0. The quantitative estimate of drug-likeness (QED) is 0.789. The maximum Gasteiger partial charge on any atom is 0.259 e. The third-order valence-corrected chi connectivity index (χ3v) is 2.46. The van der Waals surface area contributed by atoms with Crippen LogP contribution in [0.4, 0.5) is 5.82 Å². The number of rotatable bonds is 4. The summed E-state index contributed by atoms with van der Waals surface area (Å²) in [6, 6.07) is 0. The van der Waals surface area contributed by atoms with Crippen molar-refractivity contribution in [3.05, 3.63) is 11.8 Å². The van der Waals surface area contributed by atoms with Gasteiger partial charge in [0.05, 0.1) is 11.8 Å². The summed E-state index contributed by atoms with van der Waals surface area (Å²) in [7, 11) is 1.68. The Balaban J connectivity index is 2.91. The molecule has 0 aliphatic carbocycles. The van der Waals surface area contributed by atoms with Gasteiger partial charge in [-0.15, -0.1) is 0 Å². The van der Waals surface area contributed by atoms with Crippen molar-refractivity contribution in [1.82, 2.24) is 14.7 Å². The number of aliphatic hydroxyl groups is 1. The predicted octanol–water partition coefficient (Wildman–Crippen LogP) is 0.235. The molecule has 0 fully saturated rings. The van der Waals surface area contributed by atoms with E-state index in [1.54, 1.807) is 25.8 Å². The highest BCUT2D eigenvalue weighted by Crippen LogP contribution is 2.14. The number of hydrogen-bond acceptors (Lipinski definition) is 4. The van der Waals surface area contributed by atoms with Crippen molar-refractivity contribution in [2.75, 3.05) is 18.8 Å². The van der Waals surface area contributed by atoms with Gasteiger partial charge in [-0.05, 0) is 20.8 Å². The molecule has 0 spiro atoms. The summed E-state index contributed by atoms with van der Waals surface area (Å²) in [5.41, 5.74) is 5.20. The van der Waals surface area contributed by atoms with E-state index in [2.05, 4.69) is 5.10 Å². The molecular weight excluding hydrogens is 220 g/mol. The van der Waals surface area contributed by atoms with E-state index in [1.165, 1.54) is 10.9 Å². The molecule has 0 bridgehead atoms. The minimum absolute atomic E-state index is 0.208. The van der Waals surface area contributed by atoms with Crippen molar-refractivity contribution >= 4 is 11.7 Å². The molecule has 3 N–H and O–H groups in total. The number of amides is 1. The van der Waals surface area contributed by atoms with Crippen molar-refractivity contribution in [3.63, 3.8) is 0 Å². The highest BCUT2D eigenvalue weighted by atomic mass is 16.3. The second kappa shape index (κ2) is 4.75. The number of aryl methyl sites for hydroxylation is 1. The Labute approximate surface area is 101 Å². The number of nitrogens with zero attached hydrogens (tertiary/aromatic N) is 3. The normalized spacial score (nSPS) is 11.6. The van der Waals surface area contributed by atoms with Gasteiger partial charge in [-0.25, -0.2) is 0 Å². The molecule has 6 nitrogen and oxygen atoms in total. The first-order valence-corrected chi connectivity index (χ1v) is 5.55. The van der Waals surface area contributed by atoms with E-state index in [0.717, 1.165) is 0 Å². The minimum Gasteiger partial charge on any atom is -0.389 e. The van der Waals surface area contributed by atoms with E-state index in [9.17, 15) is 9.90 Å². The highest BCUT2D eigenvalue weighted by molar-refractivity contribution is 5.98. The standard InChI is InChI=1S/C11H20N4O2/c1-5-15(7-11(2,3)17)10(16)8-6-13-14(4)9(8)12/h6,17H,5,7,12H2,1-4H3. The number of anilines is 1. The zero-order chi connectivity index (χ0) is 13.2. The molecule has 1 heterocycles. The van der Waals surface area contributed by atoms with Gasteiger partial charge in [0.2, 0.25) is 0 Å². The van der Waals surface area contributed by atoms with Crippen LogP contribution < -0.4 is 5.73 Å². The predicted molar refractivity (Wildman–Crippen MR) is 65.5 cm³/mol. The van der Waals surface area contributed by atoms with Gasteiger partial charge in [0.25, 0.3) is 5.91 Å². The van der Waals surface area contributed by atoms with E-state index >= 15 is 0 Å². The zero-order valence-corrected chi connectivity index (χ0v) is 10.8. The second-order valence-electron chi connectivity index (χ2n) is 4.70. The maximum absolute atomic E-state index is 12.2. The summed E-state index contributed by atoms with van der Waals surface area (Å²) in [5.74, 6) is 0.129. The largest absolute Gasteiger partial charge is 0.389 e. The number of aromatic nitrogens is 2. The lowest BCUT2D eigenvalue weighted by Gasteiger charge is -2.27. The summed E-state index contributed by atoms with van der Waals surface area (Å²) in [5, 5.41) is 13.7. The molecule has 0 aliphatic heterocycles. The van der Waals surface area contributed by atoms with Crippen LogP contribution in [0.1, 0.15) is 31.1 Å². The van der Waals surface area contributed by atoms with Crippen LogP contribution in [0.25, 0.3) is 0 Å². The fourth-order valence-corrected chi connectivity index (χ4v) is 1.58. The van der Waals surface area contributed by atoms with E-state index in [0.29, 0.717) is 17.9 Å². The van der Waals surface area contributed by atoms with E-state index in [1.807, 2.05) is 6.92 Å². The Morgan fingerprint density at radius 2 is 2.24 bits per heavy atom. The van der Waals surface area contributed by atoms with Crippen LogP contribution in [0, 0.1) is 0 Å². The molecule has 0 atom stereocenters. The van der Waals surface area contributed by atoms with Gasteiger partial charge in [0.15, 0.2) is 0 Å². The van der Waals surface area contributed by atoms with Crippen LogP contribution in [0.2, 0.25) is 0 Å². The summed E-state index contributed by atoms with van der Waals surface area (Å²) in [6.07, 6.45) is 1.45. The fourth-order valence-electron chi connectivity index (χ4n) is 1.58. The number of carbonyl (C=O) groups excluding carboxylic acids is 1. The summed E-state index contributed by atoms with van der Waals surface area (Å²) < 4.78 is 1.45. The average molecular weight is 240 g/mol. The van der Waals surface area contributed by atoms with Crippen LogP contribution in [-0.4, -0.2) is 44.4 Å². The van der Waals surface area contributed by atoms with Crippen LogP contribution in [0.3, 0.4) is 0 Å². The van der Waals surface area contributed by atoms with Gasteiger partial charge >= 0.3 is 0 Å². The molecule has 1 rings (SSSR count). The number of nitrogens with two attached hydrogens (primary N) is 1. The van der Waals surface area contributed by atoms with Gasteiger partial charge in [-0.2, -0.15) is 5.10 Å². The molecule has 1 aromatic heterocycles. The van der Waals surface area contributed by atoms with E-state index in [-0.39, 0.29) is 12.5 Å². The molecule has 0 unspecified atom stereocenters. The Morgan fingerprint density at radius 3 is 2.59 bits per heavy atom. The highest BCUT2D eigenvalue weighted by Gasteiger charge is 2.24. The second-order valence-corrected chi connectivity index (χ2v) is 4.70. The molecule has 1 amide bonds.